The number of carbonyl (C=O) groups excluding carboxylic acids is 2. The standard InChI is InChI=1S/C40H42O6P2.Er/c1-28(45-39(43)33-24-14-26-35(33)47(29-16-6-2-7-17-29)30-18-8-3-9-19-30)37(38(41)42)46-40(44)34-25-15-27-36(34)48(31-20-10-4-11-21-31)32-22-12-5-13-23-32;/h2-13,16-23,28,33-37H,14-15,24-27H2,1H3,(H,41,42);. The number of hydrogen-bond donors (Lipinski definition) is 1. The van der Waals surface area contributed by atoms with Gasteiger partial charge in [-0.1, -0.05) is 134 Å². The smallest absolute Gasteiger partial charge is 0.348 e. The predicted octanol–water partition coefficient (Wildman–Crippen LogP) is 6.52. The van der Waals surface area contributed by atoms with Crippen LogP contribution in [0.25, 0.3) is 0 Å². The minimum absolute atomic E-state index is 0. The van der Waals surface area contributed by atoms with Crippen molar-refractivity contribution in [1.82, 2.24) is 0 Å². The molecule has 0 bridgehead atoms. The van der Waals surface area contributed by atoms with Gasteiger partial charge < -0.3 is 14.6 Å². The van der Waals surface area contributed by atoms with Gasteiger partial charge in [-0.25, -0.2) is 4.79 Å². The van der Waals surface area contributed by atoms with E-state index in [9.17, 15) is 19.5 Å². The topological polar surface area (TPSA) is 89.9 Å². The zero-order valence-corrected chi connectivity index (χ0v) is 31.1. The van der Waals surface area contributed by atoms with Crippen molar-refractivity contribution in [3.63, 3.8) is 0 Å². The maximum atomic E-state index is 13.8. The molecular formula is C40H42ErO6P2. The molecule has 9 heteroatoms. The fraction of sp³-hybridized carbons (Fsp3) is 0.325. The Hall–Kier alpha value is -2.60. The van der Waals surface area contributed by atoms with Gasteiger partial charge >= 0.3 is 17.9 Å². The van der Waals surface area contributed by atoms with E-state index < -0.39 is 51.9 Å². The summed E-state index contributed by atoms with van der Waals surface area (Å²) in [5.74, 6) is -3.07. The minimum Gasteiger partial charge on any atom is -0.478 e. The summed E-state index contributed by atoms with van der Waals surface area (Å²) in [6.45, 7) is 1.53. The molecule has 2 saturated carbocycles. The van der Waals surface area contributed by atoms with E-state index in [4.69, 9.17) is 9.47 Å². The molecule has 0 saturated heterocycles. The molecule has 1 N–H and O–H groups in total. The molecule has 0 aromatic heterocycles. The maximum absolute atomic E-state index is 13.8. The Morgan fingerprint density at radius 1 is 0.571 bits per heavy atom. The molecule has 2 fully saturated rings. The first kappa shape index (κ1) is 37.6. The summed E-state index contributed by atoms with van der Waals surface area (Å²) in [6.07, 6.45) is 2.08. The number of carboxylic acid groups (broad SMARTS) is 1. The minimum atomic E-state index is -1.59. The average Bonchev–Trinajstić information content (AvgIpc) is 3.80. The van der Waals surface area contributed by atoms with Crippen LogP contribution >= 0.6 is 15.8 Å². The average molecular weight is 848 g/mol. The predicted molar refractivity (Wildman–Crippen MR) is 193 cm³/mol. The summed E-state index contributed by atoms with van der Waals surface area (Å²) < 4.78 is 11.7. The van der Waals surface area contributed by atoms with Crippen molar-refractivity contribution >= 4 is 55.0 Å². The second-order valence-electron chi connectivity index (χ2n) is 12.6. The fourth-order valence-corrected chi connectivity index (χ4v) is 13.6. The van der Waals surface area contributed by atoms with E-state index in [-0.39, 0.29) is 54.5 Å². The van der Waals surface area contributed by atoms with Crippen molar-refractivity contribution in [2.24, 2.45) is 11.8 Å². The molecule has 4 aromatic rings. The third-order valence-electron chi connectivity index (χ3n) is 9.58. The zero-order valence-electron chi connectivity index (χ0n) is 27.4. The molecule has 0 amide bonds. The molecule has 6 atom stereocenters. The van der Waals surface area contributed by atoms with Crippen LogP contribution in [-0.2, 0) is 23.9 Å². The van der Waals surface area contributed by atoms with Gasteiger partial charge in [-0.2, -0.15) is 0 Å². The molecule has 49 heavy (non-hydrogen) atoms. The van der Waals surface area contributed by atoms with Crippen molar-refractivity contribution in [1.29, 1.82) is 0 Å². The Labute approximate surface area is 321 Å². The second-order valence-corrected chi connectivity index (χ2v) is 17.5. The molecule has 6 rings (SSSR count). The number of rotatable bonds is 12. The Bertz CT molecular complexity index is 1580. The number of carboxylic acids is 1. The van der Waals surface area contributed by atoms with Gasteiger partial charge in [0.2, 0.25) is 6.10 Å². The summed E-state index contributed by atoms with van der Waals surface area (Å²) in [7, 11) is -1.73. The number of carbonyl (C=O) groups is 3. The second kappa shape index (κ2) is 18.1. The molecule has 6 nitrogen and oxygen atoms in total. The van der Waals surface area contributed by atoms with Crippen LogP contribution in [0.15, 0.2) is 121 Å². The fourth-order valence-electron chi connectivity index (χ4n) is 7.36. The Kier molecular flexibility index (Phi) is 13.9. The van der Waals surface area contributed by atoms with Gasteiger partial charge in [0, 0.05) is 48.6 Å². The van der Waals surface area contributed by atoms with Crippen molar-refractivity contribution in [2.75, 3.05) is 0 Å². The van der Waals surface area contributed by atoms with Gasteiger partial charge in [0.15, 0.2) is 0 Å². The SMILES string of the molecule is CC(OC(=O)C1CCCC1P(c1ccccc1)c1ccccc1)C(OC(=O)C1CCCC1P(c1ccccc1)c1ccccc1)C(=O)O.[Er]. The number of esters is 2. The summed E-state index contributed by atoms with van der Waals surface area (Å²) in [4.78, 5) is 40.2. The summed E-state index contributed by atoms with van der Waals surface area (Å²) in [5.41, 5.74) is 0.0730. The van der Waals surface area contributed by atoms with Gasteiger partial charge in [0.25, 0.3) is 0 Å². The Morgan fingerprint density at radius 3 is 1.22 bits per heavy atom. The van der Waals surface area contributed by atoms with Crippen molar-refractivity contribution < 1.29 is 66.3 Å². The number of aliphatic carboxylic acids is 1. The first-order valence-electron chi connectivity index (χ1n) is 16.8. The molecule has 0 spiro atoms. The summed E-state index contributed by atoms with van der Waals surface area (Å²) in [6, 6.07) is 41.1. The summed E-state index contributed by atoms with van der Waals surface area (Å²) >= 11 is 0. The van der Waals surface area contributed by atoms with Crippen LogP contribution in [0.1, 0.15) is 45.4 Å². The van der Waals surface area contributed by atoms with Crippen LogP contribution in [0, 0.1) is 49.1 Å². The molecule has 4 aromatic carbocycles. The molecule has 2 aliphatic carbocycles. The third kappa shape index (κ3) is 9.01. The van der Waals surface area contributed by atoms with Crippen molar-refractivity contribution in [3.05, 3.63) is 121 Å². The zero-order chi connectivity index (χ0) is 33.5. The Balaban J connectivity index is 0.00000468. The van der Waals surface area contributed by atoms with Crippen molar-refractivity contribution in [2.45, 2.75) is 69.0 Å². The van der Waals surface area contributed by atoms with Gasteiger partial charge in [-0.05, 0) is 69.7 Å². The molecule has 2 aliphatic rings. The van der Waals surface area contributed by atoms with Gasteiger partial charge in [0.05, 0.1) is 11.8 Å². The largest absolute Gasteiger partial charge is 0.478 e. The van der Waals surface area contributed by atoms with Crippen LogP contribution in [0.3, 0.4) is 0 Å². The van der Waals surface area contributed by atoms with Crippen LogP contribution < -0.4 is 21.2 Å². The molecule has 260 valence electrons. The monoisotopic (exact) mass is 846 g/mol. The number of hydrogen-bond acceptors (Lipinski definition) is 5. The number of ether oxygens (including phenoxy) is 2. The van der Waals surface area contributed by atoms with E-state index in [0.29, 0.717) is 12.8 Å². The molecule has 0 heterocycles. The van der Waals surface area contributed by atoms with Crippen molar-refractivity contribution in [3.8, 4) is 0 Å². The van der Waals surface area contributed by atoms with Crippen LogP contribution in [0.2, 0.25) is 0 Å². The molecular weight excluding hydrogens is 806 g/mol. The van der Waals surface area contributed by atoms with E-state index in [1.165, 1.54) is 28.1 Å². The molecule has 0 radical (unpaired) electrons. The van der Waals surface area contributed by atoms with E-state index in [1.54, 1.807) is 0 Å². The van der Waals surface area contributed by atoms with Crippen LogP contribution in [-0.4, -0.2) is 46.5 Å². The summed E-state index contributed by atoms with van der Waals surface area (Å²) in [5, 5.41) is 15.0. The van der Waals surface area contributed by atoms with Gasteiger partial charge in [0.1, 0.15) is 6.10 Å². The normalized spacial score (nSPS) is 21.4. The maximum Gasteiger partial charge on any atom is 0.348 e. The van der Waals surface area contributed by atoms with Gasteiger partial charge in [-0.3, -0.25) is 9.59 Å². The first-order valence-corrected chi connectivity index (χ1v) is 19.7. The van der Waals surface area contributed by atoms with E-state index in [2.05, 4.69) is 48.5 Å². The molecule has 6 unspecified atom stereocenters. The van der Waals surface area contributed by atoms with E-state index in [0.717, 1.165) is 25.7 Å². The number of benzene rings is 4. The quantitative estimate of drug-likeness (QED) is 0.129. The molecule has 0 aliphatic heterocycles. The van der Waals surface area contributed by atoms with Crippen LogP contribution in [0.4, 0.5) is 0 Å². The van der Waals surface area contributed by atoms with Crippen LogP contribution in [0.5, 0.6) is 0 Å². The van der Waals surface area contributed by atoms with E-state index in [1.807, 2.05) is 72.8 Å². The third-order valence-corrected chi connectivity index (χ3v) is 15.6. The van der Waals surface area contributed by atoms with Gasteiger partial charge in [-0.15, -0.1) is 0 Å². The first-order chi connectivity index (χ1) is 23.4. The Morgan fingerprint density at radius 2 is 0.898 bits per heavy atom. The van der Waals surface area contributed by atoms with E-state index >= 15 is 0 Å².